The van der Waals surface area contributed by atoms with Crippen molar-refractivity contribution in [1.29, 1.82) is 0 Å². The van der Waals surface area contributed by atoms with E-state index < -0.39 is 9.84 Å². The van der Waals surface area contributed by atoms with E-state index in [0.29, 0.717) is 6.54 Å². The lowest BCUT2D eigenvalue weighted by Crippen LogP contribution is -2.44. The van der Waals surface area contributed by atoms with E-state index in [1.54, 1.807) is 0 Å². The Bertz CT molecular complexity index is 643. The molecule has 1 amide bonds. The van der Waals surface area contributed by atoms with Crippen LogP contribution in [0.15, 0.2) is 24.3 Å². The molecule has 1 aliphatic carbocycles. The summed E-state index contributed by atoms with van der Waals surface area (Å²) in [6, 6.07) is 8.25. The van der Waals surface area contributed by atoms with Crippen molar-refractivity contribution in [3.63, 3.8) is 0 Å². The molecule has 1 aromatic rings. The summed E-state index contributed by atoms with van der Waals surface area (Å²) >= 11 is 0. The van der Waals surface area contributed by atoms with Gasteiger partial charge in [-0.25, -0.2) is 8.42 Å². The highest BCUT2D eigenvalue weighted by Crippen LogP contribution is 2.29. The molecule has 1 heterocycles. The highest BCUT2D eigenvalue weighted by atomic mass is 32.2. The number of nitrogens with zero attached hydrogens (tertiary/aromatic N) is 1. The molecule has 1 fully saturated rings. The molecule has 0 bridgehead atoms. The monoisotopic (exact) mass is 321 g/mol. The molecule has 1 saturated heterocycles. The third-order valence-electron chi connectivity index (χ3n) is 4.77. The first-order valence-corrected chi connectivity index (χ1v) is 10.0. The summed E-state index contributed by atoms with van der Waals surface area (Å²) in [4.78, 5) is 14.7. The van der Waals surface area contributed by atoms with Crippen LogP contribution >= 0.6 is 0 Å². The van der Waals surface area contributed by atoms with Crippen molar-refractivity contribution >= 4 is 15.7 Å². The number of amides is 1. The van der Waals surface area contributed by atoms with Crippen LogP contribution in [0.5, 0.6) is 0 Å². The van der Waals surface area contributed by atoms with Crippen LogP contribution in [0.1, 0.15) is 24.0 Å². The Morgan fingerprint density at radius 1 is 1.23 bits per heavy atom. The number of rotatable bonds is 3. The molecule has 1 aliphatic heterocycles. The maximum absolute atomic E-state index is 12.8. The summed E-state index contributed by atoms with van der Waals surface area (Å²) in [6.07, 6.45) is 4.74. The highest BCUT2D eigenvalue weighted by molar-refractivity contribution is 7.90. The Labute approximate surface area is 132 Å². The fraction of sp³-hybridized carbons (Fsp3) is 0.588. The number of hydrogen-bond donors (Lipinski definition) is 0. The van der Waals surface area contributed by atoms with Crippen LogP contribution in [0.2, 0.25) is 0 Å². The molecule has 0 aromatic heterocycles. The zero-order chi connectivity index (χ0) is 15.7. The lowest BCUT2D eigenvalue weighted by molar-refractivity contribution is -0.136. The lowest BCUT2D eigenvalue weighted by atomic mass is 9.97. The molecule has 1 atom stereocenters. The molecule has 5 heteroatoms. The fourth-order valence-corrected chi connectivity index (χ4v) is 4.95. The number of piperidine rings is 1. The van der Waals surface area contributed by atoms with E-state index in [9.17, 15) is 13.2 Å². The van der Waals surface area contributed by atoms with E-state index >= 15 is 0 Å². The number of sulfone groups is 1. The summed E-state index contributed by atoms with van der Waals surface area (Å²) in [5.74, 6) is 0.530. The smallest absolute Gasteiger partial charge is 0.226 e. The maximum atomic E-state index is 12.8. The largest absolute Gasteiger partial charge is 0.342 e. The number of likely N-dealkylation sites (tertiary alicyclic amines) is 1. The molecular weight excluding hydrogens is 298 g/mol. The van der Waals surface area contributed by atoms with Gasteiger partial charge in [0.2, 0.25) is 5.91 Å². The summed E-state index contributed by atoms with van der Waals surface area (Å²) in [5.41, 5.74) is 2.57. The van der Waals surface area contributed by atoms with Crippen molar-refractivity contribution in [2.75, 3.05) is 25.1 Å². The molecule has 1 aromatic carbocycles. The standard InChI is InChI=1S/C17H23NO3S/c1-22(20,21)12-13-5-4-8-18(11-13)17(19)16-9-14-6-2-3-7-15(14)10-16/h2-3,6-7,13,16H,4-5,8-12H2,1H3/t13-/m1/s1. The van der Waals surface area contributed by atoms with E-state index in [4.69, 9.17) is 0 Å². The minimum atomic E-state index is -2.97. The van der Waals surface area contributed by atoms with Gasteiger partial charge in [0.15, 0.2) is 0 Å². The minimum absolute atomic E-state index is 0.0365. The molecular formula is C17H23NO3S. The second-order valence-corrected chi connectivity index (χ2v) is 8.94. The number of fused-ring (bicyclic) bond motifs is 1. The van der Waals surface area contributed by atoms with Gasteiger partial charge >= 0.3 is 0 Å². The number of carbonyl (C=O) groups excluding carboxylic acids is 1. The Morgan fingerprint density at radius 2 is 1.86 bits per heavy atom. The fourth-order valence-electron chi connectivity index (χ4n) is 3.82. The van der Waals surface area contributed by atoms with Crippen molar-refractivity contribution in [1.82, 2.24) is 4.90 Å². The van der Waals surface area contributed by atoms with Crippen LogP contribution in [0.3, 0.4) is 0 Å². The first-order valence-electron chi connectivity index (χ1n) is 7.95. The Hall–Kier alpha value is -1.36. The van der Waals surface area contributed by atoms with E-state index in [1.807, 2.05) is 17.0 Å². The molecule has 0 saturated carbocycles. The first-order chi connectivity index (χ1) is 10.4. The SMILES string of the molecule is CS(=O)(=O)C[C@@H]1CCCN(C(=O)C2Cc3ccccc3C2)C1. The zero-order valence-corrected chi connectivity index (χ0v) is 13.8. The Kier molecular flexibility index (Phi) is 4.26. The van der Waals surface area contributed by atoms with Crippen molar-refractivity contribution in [2.45, 2.75) is 25.7 Å². The van der Waals surface area contributed by atoms with Crippen molar-refractivity contribution in [3.8, 4) is 0 Å². The average Bonchev–Trinajstić information content (AvgIpc) is 2.88. The van der Waals surface area contributed by atoms with Crippen LogP contribution < -0.4 is 0 Å². The van der Waals surface area contributed by atoms with Crippen LogP contribution in [0.4, 0.5) is 0 Å². The molecule has 120 valence electrons. The van der Waals surface area contributed by atoms with Crippen molar-refractivity contribution in [2.24, 2.45) is 11.8 Å². The molecule has 0 N–H and O–H groups in total. The highest BCUT2D eigenvalue weighted by Gasteiger charge is 2.33. The number of benzene rings is 1. The van der Waals surface area contributed by atoms with Crippen molar-refractivity contribution < 1.29 is 13.2 Å². The summed E-state index contributed by atoms with van der Waals surface area (Å²) in [5, 5.41) is 0. The van der Waals surface area contributed by atoms with Crippen LogP contribution in [0.25, 0.3) is 0 Å². The Balaban J connectivity index is 1.63. The van der Waals surface area contributed by atoms with Gasteiger partial charge in [0, 0.05) is 25.3 Å². The van der Waals surface area contributed by atoms with Gasteiger partial charge < -0.3 is 4.90 Å². The third-order valence-corrected chi connectivity index (χ3v) is 5.85. The van der Waals surface area contributed by atoms with E-state index in [2.05, 4.69) is 12.1 Å². The van der Waals surface area contributed by atoms with Gasteiger partial charge in [-0.2, -0.15) is 0 Å². The maximum Gasteiger partial charge on any atom is 0.226 e. The van der Waals surface area contributed by atoms with Gasteiger partial charge in [0.1, 0.15) is 9.84 Å². The topological polar surface area (TPSA) is 54.5 Å². The van der Waals surface area contributed by atoms with Crippen LogP contribution in [-0.2, 0) is 27.5 Å². The number of carbonyl (C=O) groups is 1. The molecule has 3 rings (SSSR count). The van der Waals surface area contributed by atoms with Gasteiger partial charge in [-0.15, -0.1) is 0 Å². The van der Waals surface area contributed by atoms with Gasteiger partial charge in [0.05, 0.1) is 5.75 Å². The molecule has 0 spiro atoms. The predicted octanol–water partition coefficient (Wildman–Crippen LogP) is 1.68. The first kappa shape index (κ1) is 15.5. The molecule has 22 heavy (non-hydrogen) atoms. The number of hydrogen-bond acceptors (Lipinski definition) is 3. The predicted molar refractivity (Wildman–Crippen MR) is 86.4 cm³/mol. The second kappa shape index (κ2) is 6.03. The minimum Gasteiger partial charge on any atom is -0.342 e. The van der Waals surface area contributed by atoms with Gasteiger partial charge in [-0.1, -0.05) is 24.3 Å². The molecule has 2 aliphatic rings. The summed E-state index contributed by atoms with van der Waals surface area (Å²) in [7, 11) is -2.97. The molecule has 0 unspecified atom stereocenters. The molecule has 0 radical (unpaired) electrons. The average molecular weight is 321 g/mol. The zero-order valence-electron chi connectivity index (χ0n) is 13.0. The Morgan fingerprint density at radius 3 is 2.45 bits per heavy atom. The van der Waals surface area contributed by atoms with E-state index in [0.717, 1.165) is 32.2 Å². The van der Waals surface area contributed by atoms with Crippen molar-refractivity contribution in [3.05, 3.63) is 35.4 Å². The summed E-state index contributed by atoms with van der Waals surface area (Å²) < 4.78 is 23.0. The normalized spacial score (nSPS) is 22.6. The van der Waals surface area contributed by atoms with E-state index in [-0.39, 0.29) is 23.5 Å². The second-order valence-electron chi connectivity index (χ2n) is 6.76. The van der Waals surface area contributed by atoms with Crippen LogP contribution in [0, 0.1) is 11.8 Å². The van der Waals surface area contributed by atoms with Gasteiger partial charge in [0.25, 0.3) is 0 Å². The van der Waals surface area contributed by atoms with Crippen LogP contribution in [-0.4, -0.2) is 44.3 Å². The van der Waals surface area contributed by atoms with E-state index in [1.165, 1.54) is 17.4 Å². The summed E-state index contributed by atoms with van der Waals surface area (Å²) in [6.45, 7) is 1.37. The lowest BCUT2D eigenvalue weighted by Gasteiger charge is -2.34. The van der Waals surface area contributed by atoms with Gasteiger partial charge in [-0.05, 0) is 42.7 Å². The molecule has 4 nitrogen and oxygen atoms in total. The quantitative estimate of drug-likeness (QED) is 0.851. The third kappa shape index (κ3) is 3.51. The van der Waals surface area contributed by atoms with Gasteiger partial charge in [-0.3, -0.25) is 4.79 Å².